The van der Waals surface area contributed by atoms with Gasteiger partial charge in [0.1, 0.15) is 11.3 Å². The van der Waals surface area contributed by atoms with Gasteiger partial charge in [0.2, 0.25) is 0 Å². The summed E-state index contributed by atoms with van der Waals surface area (Å²) in [4.78, 5) is 8.80. The zero-order valence-corrected chi connectivity index (χ0v) is 12.4. The number of pyridine rings is 1. The molecule has 0 amide bonds. The van der Waals surface area contributed by atoms with E-state index in [4.69, 9.17) is 5.73 Å². The highest BCUT2D eigenvalue weighted by molar-refractivity contribution is 5.80. The summed E-state index contributed by atoms with van der Waals surface area (Å²) >= 11 is 0. The SMILES string of the molecule is C=C1[C@H](CC)[C@@H](C)C[C@@H]1n1cnc2c(C)nc(N)cc21. The van der Waals surface area contributed by atoms with Gasteiger partial charge in [0.15, 0.2) is 0 Å². The van der Waals surface area contributed by atoms with Crippen molar-refractivity contribution in [3.8, 4) is 0 Å². The summed E-state index contributed by atoms with van der Waals surface area (Å²) in [5.74, 6) is 1.84. The number of nitrogens with zero attached hydrogens (tertiary/aromatic N) is 3. The van der Waals surface area contributed by atoms with Gasteiger partial charge in [-0.05, 0) is 31.6 Å². The molecule has 2 N–H and O–H groups in total. The Kier molecular flexibility index (Phi) is 3.04. The summed E-state index contributed by atoms with van der Waals surface area (Å²) in [6.07, 6.45) is 4.20. The minimum Gasteiger partial charge on any atom is -0.384 e. The van der Waals surface area contributed by atoms with Crippen LogP contribution in [0.5, 0.6) is 0 Å². The second-order valence-electron chi connectivity index (χ2n) is 5.97. The van der Waals surface area contributed by atoms with Gasteiger partial charge < -0.3 is 10.3 Å². The standard InChI is InChI=1S/C16H22N4/c1-5-12-9(2)6-13(10(12)3)20-8-18-16-11(4)19-15(17)7-14(16)20/h7-9,12-13H,3,5-6H2,1-2,4H3,(H2,17,19)/t9-,12+,13-/m0/s1. The number of nitrogen functional groups attached to an aromatic ring is 1. The molecule has 1 aliphatic rings. The molecule has 2 heterocycles. The van der Waals surface area contributed by atoms with E-state index in [2.05, 4.69) is 35.0 Å². The first kappa shape index (κ1) is 13.2. The van der Waals surface area contributed by atoms with Crippen molar-refractivity contribution in [1.82, 2.24) is 14.5 Å². The van der Waals surface area contributed by atoms with Crippen LogP contribution in [-0.2, 0) is 0 Å². The van der Waals surface area contributed by atoms with Crippen LogP contribution in [0.3, 0.4) is 0 Å². The Labute approximate surface area is 119 Å². The number of hydrogen-bond donors (Lipinski definition) is 1. The molecule has 1 aliphatic carbocycles. The van der Waals surface area contributed by atoms with Gasteiger partial charge in [-0.3, -0.25) is 0 Å². The summed E-state index contributed by atoms with van der Waals surface area (Å²) in [5.41, 5.74) is 10.1. The summed E-state index contributed by atoms with van der Waals surface area (Å²) in [6, 6.07) is 2.26. The van der Waals surface area contributed by atoms with Crippen LogP contribution in [-0.4, -0.2) is 14.5 Å². The first-order chi connectivity index (χ1) is 9.52. The molecule has 4 nitrogen and oxygen atoms in total. The van der Waals surface area contributed by atoms with Crippen molar-refractivity contribution < 1.29 is 0 Å². The van der Waals surface area contributed by atoms with E-state index in [-0.39, 0.29) is 0 Å². The van der Waals surface area contributed by atoms with Gasteiger partial charge in [0.05, 0.1) is 23.6 Å². The third-order valence-electron chi connectivity index (χ3n) is 4.72. The van der Waals surface area contributed by atoms with Crippen molar-refractivity contribution in [2.75, 3.05) is 5.73 Å². The van der Waals surface area contributed by atoms with E-state index in [1.54, 1.807) is 0 Å². The van der Waals surface area contributed by atoms with Crippen LogP contribution in [0.25, 0.3) is 11.0 Å². The van der Waals surface area contributed by atoms with Crippen molar-refractivity contribution >= 4 is 16.9 Å². The maximum Gasteiger partial charge on any atom is 0.125 e. The number of fused-ring (bicyclic) bond motifs is 1. The molecular weight excluding hydrogens is 248 g/mol. The van der Waals surface area contributed by atoms with Crippen molar-refractivity contribution in [2.24, 2.45) is 11.8 Å². The summed E-state index contributed by atoms with van der Waals surface area (Å²) < 4.78 is 2.23. The molecule has 0 unspecified atom stereocenters. The number of rotatable bonds is 2. The molecule has 3 atom stereocenters. The van der Waals surface area contributed by atoms with Gasteiger partial charge in [-0.2, -0.15) is 0 Å². The van der Waals surface area contributed by atoms with Gasteiger partial charge in [-0.15, -0.1) is 0 Å². The number of allylic oxidation sites excluding steroid dienone is 1. The third-order valence-corrected chi connectivity index (χ3v) is 4.72. The number of nitrogens with two attached hydrogens (primary N) is 1. The van der Waals surface area contributed by atoms with Gasteiger partial charge in [-0.1, -0.05) is 26.0 Å². The molecule has 0 aromatic carbocycles. The fourth-order valence-electron chi connectivity index (χ4n) is 3.70. The Morgan fingerprint density at radius 1 is 1.50 bits per heavy atom. The molecule has 1 saturated carbocycles. The fourth-order valence-corrected chi connectivity index (χ4v) is 3.70. The first-order valence-corrected chi connectivity index (χ1v) is 7.31. The molecule has 0 spiro atoms. The molecule has 1 fully saturated rings. The molecule has 3 rings (SSSR count). The van der Waals surface area contributed by atoms with Crippen LogP contribution in [0.4, 0.5) is 5.82 Å². The lowest BCUT2D eigenvalue weighted by Crippen LogP contribution is -2.07. The second-order valence-corrected chi connectivity index (χ2v) is 5.97. The topological polar surface area (TPSA) is 56.7 Å². The minimum absolute atomic E-state index is 0.334. The van der Waals surface area contributed by atoms with Crippen LogP contribution < -0.4 is 5.73 Å². The maximum atomic E-state index is 5.89. The van der Waals surface area contributed by atoms with Gasteiger partial charge in [-0.25, -0.2) is 9.97 Å². The average molecular weight is 270 g/mol. The van der Waals surface area contributed by atoms with Crippen LogP contribution in [0, 0.1) is 18.8 Å². The van der Waals surface area contributed by atoms with E-state index in [0.717, 1.165) is 29.6 Å². The highest BCUT2D eigenvalue weighted by Crippen LogP contribution is 2.45. The molecule has 0 aliphatic heterocycles. The smallest absolute Gasteiger partial charge is 0.125 e. The van der Waals surface area contributed by atoms with E-state index in [1.165, 1.54) is 5.57 Å². The zero-order valence-electron chi connectivity index (χ0n) is 12.4. The van der Waals surface area contributed by atoms with Crippen LogP contribution >= 0.6 is 0 Å². The Balaban J connectivity index is 2.10. The predicted molar refractivity (Wildman–Crippen MR) is 82.4 cm³/mol. The Hall–Kier alpha value is -1.84. The lowest BCUT2D eigenvalue weighted by atomic mass is 9.93. The van der Waals surface area contributed by atoms with E-state index < -0.39 is 0 Å². The molecule has 20 heavy (non-hydrogen) atoms. The lowest BCUT2D eigenvalue weighted by molar-refractivity contribution is 0.438. The number of aromatic nitrogens is 3. The molecular formula is C16H22N4. The zero-order chi connectivity index (χ0) is 14.4. The van der Waals surface area contributed by atoms with Crippen LogP contribution in [0.1, 0.15) is 38.4 Å². The molecule has 106 valence electrons. The van der Waals surface area contributed by atoms with E-state index in [1.807, 2.05) is 19.3 Å². The summed E-state index contributed by atoms with van der Waals surface area (Å²) in [6.45, 7) is 10.9. The van der Waals surface area contributed by atoms with E-state index in [9.17, 15) is 0 Å². The van der Waals surface area contributed by atoms with Gasteiger partial charge in [0.25, 0.3) is 0 Å². The monoisotopic (exact) mass is 270 g/mol. The predicted octanol–water partition coefficient (Wildman–Crippen LogP) is 3.49. The second kappa shape index (κ2) is 4.62. The fraction of sp³-hybridized carbons (Fsp3) is 0.500. The van der Waals surface area contributed by atoms with Crippen LogP contribution in [0.15, 0.2) is 24.5 Å². The van der Waals surface area contributed by atoms with Crippen molar-refractivity contribution in [3.05, 3.63) is 30.2 Å². The Morgan fingerprint density at radius 2 is 2.25 bits per heavy atom. The van der Waals surface area contributed by atoms with Crippen molar-refractivity contribution in [3.63, 3.8) is 0 Å². The average Bonchev–Trinajstić information content (AvgIpc) is 2.91. The van der Waals surface area contributed by atoms with Gasteiger partial charge >= 0.3 is 0 Å². The lowest BCUT2D eigenvalue weighted by Gasteiger charge is -2.17. The highest BCUT2D eigenvalue weighted by atomic mass is 15.1. The molecule has 0 bridgehead atoms. The number of hydrogen-bond acceptors (Lipinski definition) is 3. The Bertz CT molecular complexity index is 670. The van der Waals surface area contributed by atoms with Gasteiger partial charge in [0, 0.05) is 6.07 Å². The molecule has 4 heteroatoms. The summed E-state index contributed by atoms with van der Waals surface area (Å²) in [5, 5.41) is 0. The third kappa shape index (κ3) is 1.82. The van der Waals surface area contributed by atoms with Crippen LogP contribution in [0.2, 0.25) is 0 Å². The molecule has 0 radical (unpaired) electrons. The maximum absolute atomic E-state index is 5.89. The highest BCUT2D eigenvalue weighted by Gasteiger charge is 2.35. The molecule has 2 aromatic heterocycles. The number of aryl methyl sites for hydroxylation is 1. The normalized spacial score (nSPS) is 26.6. The quantitative estimate of drug-likeness (QED) is 0.850. The summed E-state index contributed by atoms with van der Waals surface area (Å²) in [7, 11) is 0. The largest absolute Gasteiger partial charge is 0.384 e. The minimum atomic E-state index is 0.334. The first-order valence-electron chi connectivity index (χ1n) is 7.31. The van der Waals surface area contributed by atoms with E-state index >= 15 is 0 Å². The molecule has 0 saturated heterocycles. The molecule has 2 aromatic rings. The Morgan fingerprint density at radius 3 is 2.90 bits per heavy atom. The number of anilines is 1. The van der Waals surface area contributed by atoms with Crippen molar-refractivity contribution in [2.45, 2.75) is 39.7 Å². The van der Waals surface area contributed by atoms with E-state index in [0.29, 0.717) is 23.7 Å². The number of imidazole rings is 1. The van der Waals surface area contributed by atoms with Crippen molar-refractivity contribution in [1.29, 1.82) is 0 Å².